The first-order valence-corrected chi connectivity index (χ1v) is 15.6. The maximum atomic E-state index is 13.5. The summed E-state index contributed by atoms with van der Waals surface area (Å²) in [6, 6.07) is 8.95. The van der Waals surface area contributed by atoms with E-state index in [0.29, 0.717) is 31.4 Å². The molecule has 9 nitrogen and oxygen atoms in total. The average Bonchev–Trinajstić information content (AvgIpc) is 3.46. The Bertz CT molecular complexity index is 1030. The zero-order valence-corrected chi connectivity index (χ0v) is 25.1. The molecule has 2 amide bonds. The summed E-state index contributed by atoms with van der Waals surface area (Å²) in [5.41, 5.74) is 0.670. The van der Waals surface area contributed by atoms with Crippen LogP contribution in [0, 0.1) is 17.8 Å². The molecular formula is C32H49N3O6. The van der Waals surface area contributed by atoms with Gasteiger partial charge in [0.1, 0.15) is 6.10 Å². The third-order valence-electron chi connectivity index (χ3n) is 9.27. The molecule has 0 bridgehead atoms. The van der Waals surface area contributed by atoms with Crippen LogP contribution in [0.4, 0.5) is 4.79 Å². The van der Waals surface area contributed by atoms with Gasteiger partial charge in [-0.2, -0.15) is 0 Å². The van der Waals surface area contributed by atoms with Crippen molar-refractivity contribution >= 4 is 12.0 Å². The van der Waals surface area contributed by atoms with E-state index in [1.165, 1.54) is 19.3 Å². The minimum Gasteiger partial charge on any atom is -0.443 e. The highest BCUT2D eigenvalue weighted by molar-refractivity contribution is 5.82. The quantitative estimate of drug-likeness (QED) is 0.437. The van der Waals surface area contributed by atoms with E-state index in [0.717, 1.165) is 31.4 Å². The fraction of sp³-hybridized carbons (Fsp3) is 0.750. The van der Waals surface area contributed by atoms with Crippen molar-refractivity contribution in [1.82, 2.24) is 15.5 Å². The second-order valence-corrected chi connectivity index (χ2v) is 13.7. The van der Waals surface area contributed by atoms with E-state index in [4.69, 9.17) is 14.2 Å². The number of hydrogen-bond donors (Lipinski definition) is 3. The Hall–Kier alpha value is -2.20. The number of ether oxygens (including phenoxy) is 3. The number of β-amino-alcohol motifs (C(OH)–C–C–N with tert-alkyl or cyclic N) is 1. The molecular weight excluding hydrogens is 522 g/mol. The summed E-state index contributed by atoms with van der Waals surface area (Å²) in [6.45, 7) is 9.38. The second kappa shape index (κ2) is 13.0. The van der Waals surface area contributed by atoms with Crippen molar-refractivity contribution in [2.75, 3.05) is 19.7 Å². The number of aliphatic hydroxyl groups is 1. The molecule has 4 fully saturated rings. The van der Waals surface area contributed by atoms with Crippen LogP contribution in [0.25, 0.3) is 0 Å². The minimum atomic E-state index is -0.893. The summed E-state index contributed by atoms with van der Waals surface area (Å²) in [5, 5.41) is 17.8. The van der Waals surface area contributed by atoms with Gasteiger partial charge >= 0.3 is 6.09 Å². The summed E-state index contributed by atoms with van der Waals surface area (Å²) < 4.78 is 17.3. The van der Waals surface area contributed by atoms with Crippen LogP contribution in [0.5, 0.6) is 0 Å². The number of fused-ring (bicyclic) bond motifs is 2. The van der Waals surface area contributed by atoms with Crippen LogP contribution in [0.2, 0.25) is 0 Å². The van der Waals surface area contributed by atoms with Crippen molar-refractivity contribution in [3.8, 4) is 0 Å². The molecule has 0 spiro atoms. The van der Waals surface area contributed by atoms with Crippen molar-refractivity contribution < 1.29 is 28.9 Å². The molecule has 9 atom stereocenters. The first-order chi connectivity index (χ1) is 19.6. The number of carbonyl (C=O) groups is 2. The molecule has 1 saturated carbocycles. The van der Waals surface area contributed by atoms with Crippen molar-refractivity contribution in [3.63, 3.8) is 0 Å². The van der Waals surface area contributed by atoms with Gasteiger partial charge in [-0.3, -0.25) is 9.69 Å². The molecule has 3 aliphatic heterocycles. The summed E-state index contributed by atoms with van der Waals surface area (Å²) in [6.07, 6.45) is 4.73. The third kappa shape index (κ3) is 7.80. The van der Waals surface area contributed by atoms with Gasteiger partial charge in [-0.1, -0.05) is 49.6 Å². The standard InChI is InChI=1S/C32H49N3O6/c1-20-14-24-28(19-39-30(24)40-20)41-31(38)33-25(15-21-10-6-5-7-11-21)27(36)18-35-17-23-13-9-8-12-22(23)16-26(35)29(37)34-32(2,3)4/h5-7,10-11,20,22-28,30,36H,8-9,12-19H2,1-4H3,(H,33,38)(H,34,37)/t20-,22-,23+,24-,25-,26-,27+,28-,30-/m0/s1. The number of alkyl carbamates (subject to hydrolysis) is 1. The number of aliphatic hydroxyl groups excluding tert-OH is 1. The van der Waals surface area contributed by atoms with Crippen LogP contribution in [0.1, 0.15) is 71.8 Å². The predicted molar refractivity (Wildman–Crippen MR) is 155 cm³/mol. The van der Waals surface area contributed by atoms with Gasteiger partial charge in [-0.05, 0) is 70.8 Å². The lowest BCUT2D eigenvalue weighted by Crippen LogP contribution is -2.60. The predicted octanol–water partition coefficient (Wildman–Crippen LogP) is 3.63. The number of nitrogens with zero attached hydrogens (tertiary/aromatic N) is 1. The zero-order chi connectivity index (χ0) is 29.1. The third-order valence-corrected chi connectivity index (χ3v) is 9.27. The second-order valence-electron chi connectivity index (χ2n) is 13.7. The van der Waals surface area contributed by atoms with Gasteiger partial charge in [0.15, 0.2) is 6.29 Å². The fourth-order valence-electron chi connectivity index (χ4n) is 7.27. The molecule has 5 rings (SSSR count). The van der Waals surface area contributed by atoms with Gasteiger partial charge in [0, 0.05) is 18.6 Å². The lowest BCUT2D eigenvalue weighted by molar-refractivity contribution is -0.132. The molecule has 1 aliphatic carbocycles. The Morgan fingerprint density at radius 1 is 1.12 bits per heavy atom. The van der Waals surface area contributed by atoms with Crippen LogP contribution in [-0.2, 0) is 25.4 Å². The van der Waals surface area contributed by atoms with E-state index in [1.807, 2.05) is 58.0 Å². The Morgan fingerprint density at radius 2 is 1.85 bits per heavy atom. The maximum Gasteiger partial charge on any atom is 0.407 e. The molecule has 0 radical (unpaired) electrons. The van der Waals surface area contributed by atoms with Crippen molar-refractivity contribution in [3.05, 3.63) is 35.9 Å². The first-order valence-electron chi connectivity index (χ1n) is 15.6. The van der Waals surface area contributed by atoms with Crippen molar-refractivity contribution in [2.45, 2.75) is 115 Å². The smallest absolute Gasteiger partial charge is 0.407 e. The topological polar surface area (TPSA) is 109 Å². The number of carbonyl (C=O) groups excluding carboxylic acids is 2. The Balaban J connectivity index is 1.28. The van der Waals surface area contributed by atoms with Crippen molar-refractivity contribution in [2.24, 2.45) is 17.8 Å². The summed E-state index contributed by atoms with van der Waals surface area (Å²) in [5.74, 6) is 1.11. The molecule has 1 aromatic rings. The zero-order valence-electron chi connectivity index (χ0n) is 25.1. The molecule has 228 valence electrons. The normalized spacial score (nSPS) is 33.3. The van der Waals surface area contributed by atoms with Gasteiger partial charge in [-0.25, -0.2) is 4.79 Å². The molecule has 0 unspecified atom stereocenters. The van der Waals surface area contributed by atoms with E-state index >= 15 is 0 Å². The van der Waals surface area contributed by atoms with Gasteiger partial charge in [0.05, 0.1) is 36.8 Å². The van der Waals surface area contributed by atoms with E-state index in [-0.39, 0.29) is 41.9 Å². The van der Waals surface area contributed by atoms with E-state index < -0.39 is 18.2 Å². The van der Waals surface area contributed by atoms with Gasteiger partial charge in [0.25, 0.3) is 0 Å². The maximum absolute atomic E-state index is 13.5. The van der Waals surface area contributed by atoms with Crippen molar-refractivity contribution in [1.29, 1.82) is 0 Å². The van der Waals surface area contributed by atoms with Gasteiger partial charge in [-0.15, -0.1) is 0 Å². The average molecular weight is 572 g/mol. The molecule has 41 heavy (non-hydrogen) atoms. The monoisotopic (exact) mass is 571 g/mol. The number of piperidine rings is 1. The Morgan fingerprint density at radius 3 is 2.59 bits per heavy atom. The first kappa shape index (κ1) is 30.3. The molecule has 3 N–H and O–H groups in total. The minimum absolute atomic E-state index is 0.0181. The molecule has 3 saturated heterocycles. The lowest BCUT2D eigenvalue weighted by Gasteiger charge is -2.47. The molecule has 9 heteroatoms. The SMILES string of the molecule is C[C@H]1C[C@@H]2[C@@H](OC[C@@H]2OC(=O)N[C@@H](Cc2ccccc2)[C@H](O)CN2C[C@H]3CCCC[C@H]3C[C@H]2C(=O)NC(C)(C)C)O1. The highest BCUT2D eigenvalue weighted by Crippen LogP contribution is 2.39. The Labute approximate surface area is 244 Å². The summed E-state index contributed by atoms with van der Waals surface area (Å²) in [7, 11) is 0. The highest BCUT2D eigenvalue weighted by Gasteiger charge is 2.47. The number of nitrogens with one attached hydrogen (secondary N) is 2. The van der Waals surface area contributed by atoms with Crippen LogP contribution < -0.4 is 10.6 Å². The van der Waals surface area contributed by atoms with E-state index in [2.05, 4.69) is 15.5 Å². The number of likely N-dealkylation sites (tertiary alicyclic amines) is 1. The number of amides is 2. The van der Waals surface area contributed by atoms with Gasteiger partial charge in [0.2, 0.25) is 5.91 Å². The van der Waals surface area contributed by atoms with Gasteiger partial charge < -0.3 is 30.0 Å². The molecule has 1 aromatic carbocycles. The Kier molecular flexibility index (Phi) is 9.58. The largest absolute Gasteiger partial charge is 0.443 e. The summed E-state index contributed by atoms with van der Waals surface area (Å²) in [4.78, 5) is 28.8. The molecule has 3 heterocycles. The summed E-state index contributed by atoms with van der Waals surface area (Å²) >= 11 is 0. The fourth-order valence-corrected chi connectivity index (χ4v) is 7.27. The van der Waals surface area contributed by atoms with Crippen LogP contribution in [0.15, 0.2) is 30.3 Å². The van der Waals surface area contributed by atoms with Crippen LogP contribution in [0.3, 0.4) is 0 Å². The number of hydrogen-bond acceptors (Lipinski definition) is 7. The number of rotatable bonds is 8. The highest BCUT2D eigenvalue weighted by atomic mass is 16.7. The van der Waals surface area contributed by atoms with Crippen LogP contribution in [-0.4, -0.2) is 83.9 Å². The number of benzene rings is 1. The van der Waals surface area contributed by atoms with Crippen LogP contribution >= 0.6 is 0 Å². The van der Waals surface area contributed by atoms with E-state index in [9.17, 15) is 14.7 Å². The molecule has 4 aliphatic rings. The lowest BCUT2D eigenvalue weighted by atomic mass is 9.72. The van der Waals surface area contributed by atoms with E-state index in [1.54, 1.807) is 0 Å². The molecule has 0 aromatic heterocycles.